The number of fused-ring (bicyclic) bond motifs is 1. The summed E-state index contributed by atoms with van der Waals surface area (Å²) in [6.07, 6.45) is 2.73. The SMILES string of the molecule is CC(C)(C)CC(=O)N1CC[C@H]2CC(=O)N(CC(N)=O)CC[C@H]2C1. The van der Waals surface area contributed by atoms with Gasteiger partial charge < -0.3 is 15.5 Å². The molecule has 2 aliphatic rings. The number of amides is 3. The average molecular weight is 323 g/mol. The van der Waals surface area contributed by atoms with Gasteiger partial charge in [0, 0.05) is 32.5 Å². The van der Waals surface area contributed by atoms with E-state index in [0.29, 0.717) is 31.2 Å². The number of likely N-dealkylation sites (tertiary alicyclic amines) is 2. The number of rotatable bonds is 3. The monoisotopic (exact) mass is 323 g/mol. The molecule has 2 heterocycles. The van der Waals surface area contributed by atoms with Crippen molar-refractivity contribution in [3.63, 3.8) is 0 Å². The number of nitrogens with two attached hydrogens (primary N) is 1. The van der Waals surface area contributed by atoms with Gasteiger partial charge >= 0.3 is 0 Å². The maximum atomic E-state index is 12.4. The smallest absolute Gasteiger partial charge is 0.237 e. The molecule has 0 unspecified atom stereocenters. The third kappa shape index (κ3) is 4.94. The van der Waals surface area contributed by atoms with Gasteiger partial charge in [0.15, 0.2) is 0 Å². The van der Waals surface area contributed by atoms with Crippen LogP contribution in [-0.4, -0.2) is 53.7 Å². The maximum Gasteiger partial charge on any atom is 0.237 e. The quantitative estimate of drug-likeness (QED) is 0.841. The van der Waals surface area contributed by atoms with Crippen LogP contribution < -0.4 is 5.73 Å². The van der Waals surface area contributed by atoms with Crippen LogP contribution in [0.2, 0.25) is 0 Å². The normalized spacial score (nSPS) is 25.8. The Kier molecular flexibility index (Phi) is 5.32. The number of primary amides is 1. The van der Waals surface area contributed by atoms with Gasteiger partial charge in [0.25, 0.3) is 0 Å². The molecule has 0 aliphatic carbocycles. The van der Waals surface area contributed by atoms with Gasteiger partial charge in [-0.3, -0.25) is 14.4 Å². The third-order valence-electron chi connectivity index (χ3n) is 4.83. The minimum absolute atomic E-state index is 0.00490. The van der Waals surface area contributed by atoms with Crippen LogP contribution in [0.15, 0.2) is 0 Å². The largest absolute Gasteiger partial charge is 0.368 e. The van der Waals surface area contributed by atoms with Crippen molar-refractivity contribution in [3.05, 3.63) is 0 Å². The second-order valence-electron chi connectivity index (χ2n) is 8.16. The molecule has 0 radical (unpaired) electrons. The highest BCUT2D eigenvalue weighted by Gasteiger charge is 2.37. The molecule has 2 atom stereocenters. The van der Waals surface area contributed by atoms with Crippen LogP contribution in [-0.2, 0) is 14.4 Å². The fraction of sp³-hybridized carbons (Fsp3) is 0.824. The molecular weight excluding hydrogens is 294 g/mol. The Morgan fingerprint density at radius 1 is 1.17 bits per heavy atom. The number of hydrogen-bond acceptors (Lipinski definition) is 3. The van der Waals surface area contributed by atoms with Crippen molar-refractivity contribution in [2.24, 2.45) is 23.0 Å². The van der Waals surface area contributed by atoms with Gasteiger partial charge in [-0.1, -0.05) is 20.8 Å². The zero-order chi connectivity index (χ0) is 17.2. The summed E-state index contributed by atoms with van der Waals surface area (Å²) in [6.45, 7) is 8.25. The van der Waals surface area contributed by atoms with Gasteiger partial charge in [-0.05, 0) is 30.1 Å². The average Bonchev–Trinajstić information content (AvgIpc) is 2.56. The molecule has 0 spiro atoms. The molecule has 0 bridgehead atoms. The lowest BCUT2D eigenvalue weighted by atomic mass is 9.81. The highest BCUT2D eigenvalue weighted by atomic mass is 16.2. The Balaban J connectivity index is 1.97. The van der Waals surface area contributed by atoms with E-state index in [0.717, 1.165) is 25.9 Å². The van der Waals surface area contributed by atoms with Crippen LogP contribution in [0.4, 0.5) is 0 Å². The molecule has 2 saturated heterocycles. The van der Waals surface area contributed by atoms with Gasteiger partial charge in [0.1, 0.15) is 0 Å². The number of nitrogens with zero attached hydrogens (tertiary/aromatic N) is 2. The first-order valence-corrected chi connectivity index (χ1v) is 8.49. The molecule has 0 aromatic rings. The summed E-state index contributed by atoms with van der Waals surface area (Å²) in [7, 11) is 0. The summed E-state index contributed by atoms with van der Waals surface area (Å²) in [6, 6.07) is 0. The van der Waals surface area contributed by atoms with Crippen molar-refractivity contribution in [1.29, 1.82) is 0 Å². The van der Waals surface area contributed by atoms with Crippen molar-refractivity contribution in [1.82, 2.24) is 9.80 Å². The van der Waals surface area contributed by atoms with Gasteiger partial charge in [0.2, 0.25) is 17.7 Å². The molecule has 6 nitrogen and oxygen atoms in total. The number of carbonyl (C=O) groups is 3. The van der Waals surface area contributed by atoms with E-state index < -0.39 is 5.91 Å². The summed E-state index contributed by atoms with van der Waals surface area (Å²) < 4.78 is 0. The van der Waals surface area contributed by atoms with Crippen LogP contribution >= 0.6 is 0 Å². The fourth-order valence-corrected chi connectivity index (χ4v) is 3.62. The number of hydrogen-bond donors (Lipinski definition) is 1. The van der Waals surface area contributed by atoms with E-state index in [4.69, 9.17) is 5.73 Å². The van der Waals surface area contributed by atoms with E-state index in [1.165, 1.54) is 0 Å². The minimum Gasteiger partial charge on any atom is -0.368 e. The summed E-state index contributed by atoms with van der Waals surface area (Å²) >= 11 is 0. The Morgan fingerprint density at radius 2 is 1.83 bits per heavy atom. The summed E-state index contributed by atoms with van der Waals surface area (Å²) in [5.74, 6) is 0.421. The number of carbonyl (C=O) groups excluding carboxylic acids is 3. The van der Waals surface area contributed by atoms with Crippen LogP contribution in [0, 0.1) is 17.3 Å². The molecule has 130 valence electrons. The molecule has 6 heteroatoms. The zero-order valence-electron chi connectivity index (χ0n) is 14.5. The predicted molar refractivity (Wildman–Crippen MR) is 87.3 cm³/mol. The summed E-state index contributed by atoms with van der Waals surface area (Å²) in [5, 5.41) is 0. The van der Waals surface area contributed by atoms with Gasteiger partial charge in [0.05, 0.1) is 6.54 Å². The highest BCUT2D eigenvalue weighted by Crippen LogP contribution is 2.33. The first kappa shape index (κ1) is 17.8. The van der Waals surface area contributed by atoms with Crippen LogP contribution in [0.1, 0.15) is 46.5 Å². The van der Waals surface area contributed by atoms with E-state index in [1.807, 2.05) is 4.90 Å². The predicted octanol–water partition coefficient (Wildman–Crippen LogP) is 0.995. The van der Waals surface area contributed by atoms with E-state index in [1.54, 1.807) is 4.90 Å². The molecule has 3 amide bonds. The minimum atomic E-state index is -0.467. The second kappa shape index (κ2) is 6.89. The Hall–Kier alpha value is -1.59. The summed E-state index contributed by atoms with van der Waals surface area (Å²) in [4.78, 5) is 39.3. The van der Waals surface area contributed by atoms with Crippen LogP contribution in [0.5, 0.6) is 0 Å². The van der Waals surface area contributed by atoms with Gasteiger partial charge in [-0.25, -0.2) is 0 Å². The molecule has 0 aromatic heterocycles. The Bertz CT molecular complexity index is 484. The number of piperidine rings is 1. The van der Waals surface area contributed by atoms with Crippen molar-refractivity contribution in [2.75, 3.05) is 26.2 Å². The van der Waals surface area contributed by atoms with Gasteiger partial charge in [-0.15, -0.1) is 0 Å². The lowest BCUT2D eigenvalue weighted by Gasteiger charge is -2.38. The maximum absolute atomic E-state index is 12.4. The molecule has 23 heavy (non-hydrogen) atoms. The van der Waals surface area contributed by atoms with E-state index in [2.05, 4.69) is 20.8 Å². The van der Waals surface area contributed by atoms with E-state index in [-0.39, 0.29) is 23.8 Å². The molecule has 0 aromatic carbocycles. The molecule has 2 fully saturated rings. The zero-order valence-corrected chi connectivity index (χ0v) is 14.5. The lowest BCUT2D eigenvalue weighted by Crippen LogP contribution is -2.44. The van der Waals surface area contributed by atoms with Crippen molar-refractivity contribution in [3.8, 4) is 0 Å². The first-order valence-electron chi connectivity index (χ1n) is 8.49. The standard InChI is InChI=1S/C17H29N3O3/c1-17(2,3)9-16(23)19-6-4-12-8-15(22)20(11-14(18)21)7-5-13(12)10-19/h12-13H,4-11H2,1-3H3,(H2,18,21)/t12-,13-/m0/s1. The van der Waals surface area contributed by atoms with Crippen LogP contribution in [0.25, 0.3) is 0 Å². The van der Waals surface area contributed by atoms with Gasteiger partial charge in [-0.2, -0.15) is 0 Å². The molecular formula is C17H29N3O3. The van der Waals surface area contributed by atoms with E-state index >= 15 is 0 Å². The molecule has 2 rings (SSSR count). The fourth-order valence-electron chi connectivity index (χ4n) is 3.62. The van der Waals surface area contributed by atoms with Crippen molar-refractivity contribution >= 4 is 17.7 Å². The Morgan fingerprint density at radius 3 is 2.43 bits per heavy atom. The highest BCUT2D eigenvalue weighted by molar-refractivity contribution is 5.84. The third-order valence-corrected chi connectivity index (χ3v) is 4.83. The first-order chi connectivity index (χ1) is 10.7. The summed E-state index contributed by atoms with van der Waals surface area (Å²) in [5.41, 5.74) is 5.21. The molecule has 2 aliphatic heterocycles. The molecule has 0 saturated carbocycles. The van der Waals surface area contributed by atoms with Crippen LogP contribution in [0.3, 0.4) is 0 Å². The van der Waals surface area contributed by atoms with Crippen molar-refractivity contribution < 1.29 is 14.4 Å². The second-order valence-corrected chi connectivity index (χ2v) is 8.16. The van der Waals surface area contributed by atoms with E-state index in [9.17, 15) is 14.4 Å². The topological polar surface area (TPSA) is 83.7 Å². The molecule has 2 N–H and O–H groups in total. The van der Waals surface area contributed by atoms with Crippen molar-refractivity contribution in [2.45, 2.75) is 46.5 Å². The lowest BCUT2D eigenvalue weighted by molar-refractivity contribution is -0.136. The Labute approximate surface area is 138 Å².